The Morgan fingerprint density at radius 2 is 1.93 bits per heavy atom. The first-order chi connectivity index (χ1) is 6.72. The number of phenols is 1. The van der Waals surface area contributed by atoms with Crippen LogP contribution in [0.1, 0.15) is 5.56 Å². The van der Waals surface area contributed by atoms with Crippen molar-refractivity contribution in [2.45, 2.75) is 0 Å². The Morgan fingerprint density at radius 1 is 1.14 bits per heavy atom. The molecule has 0 aliphatic heterocycles. The van der Waals surface area contributed by atoms with Gasteiger partial charge in [0.15, 0.2) is 0 Å². The average Bonchev–Trinajstić information content (AvgIpc) is 2.19. The summed E-state index contributed by atoms with van der Waals surface area (Å²) in [5, 5.41) is 19.9. The van der Waals surface area contributed by atoms with Crippen LogP contribution in [0.2, 0.25) is 0 Å². The molecule has 3 heteroatoms. The second kappa shape index (κ2) is 3.32. The second-order valence-corrected chi connectivity index (χ2v) is 3.85. The van der Waals surface area contributed by atoms with Crippen molar-refractivity contribution in [1.82, 2.24) is 0 Å². The molecule has 0 bridgehead atoms. The molecule has 14 heavy (non-hydrogen) atoms. The summed E-state index contributed by atoms with van der Waals surface area (Å²) in [7, 11) is 0. The third-order valence-electron chi connectivity index (χ3n) is 2.08. The second-order valence-electron chi connectivity index (χ2n) is 2.93. The lowest BCUT2D eigenvalue weighted by atomic mass is 10.0. The van der Waals surface area contributed by atoms with Gasteiger partial charge in [0.1, 0.15) is 5.75 Å². The van der Waals surface area contributed by atoms with Crippen LogP contribution in [0.25, 0.3) is 10.8 Å². The number of fused-ring (bicyclic) bond motifs is 1. The first-order valence-electron chi connectivity index (χ1n) is 4.03. The van der Waals surface area contributed by atoms with Crippen LogP contribution in [0.4, 0.5) is 0 Å². The van der Waals surface area contributed by atoms with Gasteiger partial charge in [-0.2, -0.15) is 5.26 Å². The number of aromatic hydroxyl groups is 1. The summed E-state index contributed by atoms with van der Waals surface area (Å²) in [6, 6.07) is 10.7. The van der Waals surface area contributed by atoms with E-state index in [0.29, 0.717) is 10.9 Å². The van der Waals surface area contributed by atoms with Gasteiger partial charge in [0.05, 0.1) is 11.6 Å². The van der Waals surface area contributed by atoms with Crippen molar-refractivity contribution in [1.29, 1.82) is 5.26 Å². The lowest BCUT2D eigenvalue weighted by Gasteiger charge is -2.02. The quantitative estimate of drug-likeness (QED) is 0.778. The van der Waals surface area contributed by atoms with Gasteiger partial charge in [-0.3, -0.25) is 0 Å². The van der Waals surface area contributed by atoms with Gasteiger partial charge in [-0.1, -0.05) is 22.0 Å². The maximum absolute atomic E-state index is 9.59. The van der Waals surface area contributed by atoms with Crippen molar-refractivity contribution in [3.63, 3.8) is 0 Å². The van der Waals surface area contributed by atoms with Gasteiger partial charge in [0.25, 0.3) is 0 Å². The van der Waals surface area contributed by atoms with Crippen LogP contribution in [0.3, 0.4) is 0 Å². The number of hydrogen-bond donors (Lipinski definition) is 1. The Morgan fingerprint density at radius 3 is 2.64 bits per heavy atom. The fraction of sp³-hybridized carbons (Fsp3) is 0. The Bertz CT molecular complexity index is 543. The minimum Gasteiger partial charge on any atom is -0.507 e. The molecule has 0 unspecified atom stereocenters. The van der Waals surface area contributed by atoms with E-state index in [4.69, 9.17) is 5.26 Å². The zero-order chi connectivity index (χ0) is 10.1. The van der Waals surface area contributed by atoms with E-state index >= 15 is 0 Å². The van der Waals surface area contributed by atoms with Crippen molar-refractivity contribution < 1.29 is 5.11 Å². The van der Waals surface area contributed by atoms with Gasteiger partial charge in [-0.05, 0) is 24.3 Å². The van der Waals surface area contributed by atoms with E-state index in [1.165, 1.54) is 6.07 Å². The fourth-order valence-electron chi connectivity index (χ4n) is 1.40. The molecule has 0 radical (unpaired) electrons. The molecule has 0 saturated heterocycles. The van der Waals surface area contributed by atoms with Crippen LogP contribution in [0.5, 0.6) is 5.75 Å². The fourth-order valence-corrected chi connectivity index (χ4v) is 1.76. The number of phenolic OH excluding ortho intramolecular Hbond substituents is 1. The smallest absolute Gasteiger partial charge is 0.123 e. The van der Waals surface area contributed by atoms with Crippen molar-refractivity contribution in [3.8, 4) is 11.8 Å². The minimum atomic E-state index is 0.195. The molecule has 0 spiro atoms. The lowest BCUT2D eigenvalue weighted by Crippen LogP contribution is -1.80. The number of nitriles is 1. The maximum Gasteiger partial charge on any atom is 0.123 e. The molecule has 0 aliphatic carbocycles. The first-order valence-corrected chi connectivity index (χ1v) is 4.83. The van der Waals surface area contributed by atoms with Crippen molar-refractivity contribution in [2.24, 2.45) is 0 Å². The van der Waals surface area contributed by atoms with E-state index in [0.717, 1.165) is 9.86 Å². The largest absolute Gasteiger partial charge is 0.507 e. The molecule has 0 heterocycles. The first kappa shape index (κ1) is 9.04. The number of hydrogen-bond acceptors (Lipinski definition) is 2. The van der Waals surface area contributed by atoms with Crippen molar-refractivity contribution >= 4 is 26.7 Å². The highest BCUT2D eigenvalue weighted by Crippen LogP contribution is 2.29. The molecule has 0 fully saturated rings. The van der Waals surface area contributed by atoms with E-state index in [1.54, 1.807) is 12.1 Å². The summed E-state index contributed by atoms with van der Waals surface area (Å²) in [5.41, 5.74) is 0.574. The summed E-state index contributed by atoms with van der Waals surface area (Å²) in [5.74, 6) is 0.195. The van der Waals surface area contributed by atoms with E-state index in [9.17, 15) is 5.11 Å². The maximum atomic E-state index is 9.59. The summed E-state index contributed by atoms with van der Waals surface area (Å²) < 4.78 is 0.885. The molecule has 0 amide bonds. The normalized spacial score (nSPS) is 10.0. The molecule has 0 aromatic heterocycles. The zero-order valence-electron chi connectivity index (χ0n) is 7.16. The van der Waals surface area contributed by atoms with E-state index < -0.39 is 0 Å². The predicted octanol–water partition coefficient (Wildman–Crippen LogP) is 3.18. The van der Waals surface area contributed by atoms with Crippen molar-refractivity contribution in [2.75, 3.05) is 0 Å². The Kier molecular flexibility index (Phi) is 2.14. The molecule has 0 aliphatic rings. The van der Waals surface area contributed by atoms with Crippen LogP contribution in [0, 0.1) is 11.3 Å². The van der Waals surface area contributed by atoms with Crippen LogP contribution >= 0.6 is 15.9 Å². The number of benzene rings is 2. The third-order valence-corrected chi connectivity index (χ3v) is 2.57. The Hall–Kier alpha value is -1.53. The minimum absolute atomic E-state index is 0.195. The summed E-state index contributed by atoms with van der Waals surface area (Å²) >= 11 is 3.32. The van der Waals surface area contributed by atoms with Crippen LogP contribution in [0.15, 0.2) is 34.8 Å². The van der Waals surface area contributed by atoms with E-state index in [1.807, 2.05) is 12.1 Å². The molecule has 1 N–H and O–H groups in total. The van der Waals surface area contributed by atoms with E-state index in [2.05, 4.69) is 22.0 Å². The molecular weight excluding hydrogens is 242 g/mol. The van der Waals surface area contributed by atoms with Gasteiger partial charge in [0.2, 0.25) is 0 Å². The molecule has 2 aromatic carbocycles. The molecule has 2 nitrogen and oxygen atoms in total. The highest BCUT2D eigenvalue weighted by Gasteiger charge is 2.04. The molecular formula is C11H6BrNO. The van der Waals surface area contributed by atoms with Crippen LogP contribution in [-0.4, -0.2) is 5.11 Å². The average molecular weight is 248 g/mol. The monoisotopic (exact) mass is 247 g/mol. The molecule has 2 aromatic rings. The molecule has 68 valence electrons. The standard InChI is InChI=1S/C11H6BrNO/c12-8-2-3-9-7(6-13)1-4-11(14)10(9)5-8/h1-5,14H. The van der Waals surface area contributed by atoms with Gasteiger partial charge in [0, 0.05) is 15.2 Å². The summed E-state index contributed by atoms with van der Waals surface area (Å²) in [6.45, 7) is 0. The number of halogens is 1. The predicted molar refractivity (Wildman–Crippen MR) is 58.0 cm³/mol. The lowest BCUT2D eigenvalue weighted by molar-refractivity contribution is 0.481. The third kappa shape index (κ3) is 1.34. The highest BCUT2D eigenvalue weighted by atomic mass is 79.9. The Labute approximate surface area is 89.5 Å². The number of nitrogens with zero attached hydrogens (tertiary/aromatic N) is 1. The highest BCUT2D eigenvalue weighted by molar-refractivity contribution is 9.10. The summed E-state index contributed by atoms with van der Waals surface area (Å²) in [4.78, 5) is 0. The van der Waals surface area contributed by atoms with Crippen molar-refractivity contribution in [3.05, 3.63) is 40.4 Å². The zero-order valence-corrected chi connectivity index (χ0v) is 8.75. The summed E-state index contributed by atoms with van der Waals surface area (Å²) in [6.07, 6.45) is 0. The van der Waals surface area contributed by atoms with Gasteiger partial charge < -0.3 is 5.11 Å². The SMILES string of the molecule is N#Cc1ccc(O)c2cc(Br)ccc12. The van der Waals surface area contributed by atoms with Crippen LogP contribution < -0.4 is 0 Å². The van der Waals surface area contributed by atoms with E-state index in [-0.39, 0.29) is 5.75 Å². The van der Waals surface area contributed by atoms with Gasteiger partial charge in [-0.15, -0.1) is 0 Å². The van der Waals surface area contributed by atoms with Gasteiger partial charge >= 0.3 is 0 Å². The molecule has 2 rings (SSSR count). The van der Waals surface area contributed by atoms with Crippen LogP contribution in [-0.2, 0) is 0 Å². The number of rotatable bonds is 0. The molecule has 0 atom stereocenters. The molecule has 0 saturated carbocycles. The van der Waals surface area contributed by atoms with Gasteiger partial charge in [-0.25, -0.2) is 0 Å². The topological polar surface area (TPSA) is 44.0 Å². The Balaban J connectivity index is 2.93.